The number of nitrogens with zero attached hydrogens (tertiary/aromatic N) is 1. The lowest BCUT2D eigenvalue weighted by Crippen LogP contribution is -2.44. The Bertz CT molecular complexity index is 711. The lowest BCUT2D eigenvalue weighted by Gasteiger charge is -2.38. The summed E-state index contributed by atoms with van der Waals surface area (Å²) < 4.78 is 0. The lowest BCUT2D eigenvalue weighted by atomic mass is 10.0. The maximum atomic E-state index is 12.8. The van der Waals surface area contributed by atoms with Crippen LogP contribution in [0.15, 0.2) is 48.5 Å². The first-order valence-electron chi connectivity index (χ1n) is 7.18. The van der Waals surface area contributed by atoms with Crippen molar-refractivity contribution < 1.29 is 4.79 Å². The van der Waals surface area contributed by atoms with E-state index in [1.807, 2.05) is 53.4 Å². The van der Waals surface area contributed by atoms with Crippen molar-refractivity contribution in [2.24, 2.45) is 0 Å². The topological polar surface area (TPSA) is 32.3 Å². The van der Waals surface area contributed by atoms with Gasteiger partial charge in [0, 0.05) is 22.3 Å². The first-order chi connectivity index (χ1) is 10.3. The number of hydrogen-bond acceptors (Lipinski definition) is 2. The van der Waals surface area contributed by atoms with E-state index in [9.17, 15) is 4.79 Å². The van der Waals surface area contributed by atoms with Crippen molar-refractivity contribution in [2.45, 2.75) is 25.0 Å². The summed E-state index contributed by atoms with van der Waals surface area (Å²) in [6, 6.07) is 15.7. The van der Waals surface area contributed by atoms with E-state index in [0.717, 1.165) is 29.7 Å². The molecule has 21 heavy (non-hydrogen) atoms. The Morgan fingerprint density at radius 1 is 1.05 bits per heavy atom. The van der Waals surface area contributed by atoms with Crippen LogP contribution in [0, 0.1) is 0 Å². The van der Waals surface area contributed by atoms with Crippen LogP contribution < -0.4 is 5.32 Å². The number of fused-ring (bicyclic) bond motifs is 1. The molecular formula is C17H15ClN2O. The van der Waals surface area contributed by atoms with Gasteiger partial charge in [0.05, 0.1) is 5.56 Å². The Hall–Kier alpha value is -2.00. The van der Waals surface area contributed by atoms with E-state index in [0.29, 0.717) is 11.1 Å². The van der Waals surface area contributed by atoms with E-state index in [-0.39, 0.29) is 12.1 Å². The zero-order chi connectivity index (χ0) is 14.4. The van der Waals surface area contributed by atoms with Gasteiger partial charge < -0.3 is 10.2 Å². The Kier molecular flexibility index (Phi) is 2.89. The minimum atomic E-state index is -0.186. The van der Waals surface area contributed by atoms with Gasteiger partial charge in [0.15, 0.2) is 0 Å². The van der Waals surface area contributed by atoms with E-state index < -0.39 is 0 Å². The number of carbonyl (C=O) groups excluding carboxylic acids is 1. The maximum absolute atomic E-state index is 12.8. The molecule has 0 spiro atoms. The van der Waals surface area contributed by atoms with Crippen molar-refractivity contribution in [2.75, 3.05) is 5.32 Å². The van der Waals surface area contributed by atoms with Crippen molar-refractivity contribution >= 4 is 23.2 Å². The number of amides is 1. The molecule has 1 unspecified atom stereocenters. The van der Waals surface area contributed by atoms with Gasteiger partial charge in [0.2, 0.25) is 0 Å². The number of hydrogen-bond donors (Lipinski definition) is 1. The van der Waals surface area contributed by atoms with E-state index >= 15 is 0 Å². The second-order valence-electron chi connectivity index (χ2n) is 5.56. The zero-order valence-corrected chi connectivity index (χ0v) is 12.2. The molecule has 0 bridgehead atoms. The highest BCUT2D eigenvalue weighted by molar-refractivity contribution is 6.31. The van der Waals surface area contributed by atoms with Crippen molar-refractivity contribution in [3.05, 3.63) is 64.7 Å². The molecule has 1 fully saturated rings. The third-order valence-electron chi connectivity index (χ3n) is 4.10. The van der Waals surface area contributed by atoms with Gasteiger partial charge >= 0.3 is 0 Å². The first-order valence-corrected chi connectivity index (χ1v) is 7.56. The molecule has 1 atom stereocenters. The molecule has 1 amide bonds. The molecule has 0 saturated heterocycles. The van der Waals surface area contributed by atoms with Gasteiger partial charge in [-0.3, -0.25) is 4.79 Å². The number of nitrogens with one attached hydrogen (secondary N) is 1. The highest BCUT2D eigenvalue weighted by Crippen LogP contribution is 2.42. The summed E-state index contributed by atoms with van der Waals surface area (Å²) in [5, 5.41) is 4.16. The van der Waals surface area contributed by atoms with Crippen LogP contribution in [0.3, 0.4) is 0 Å². The van der Waals surface area contributed by atoms with E-state index in [4.69, 9.17) is 11.6 Å². The predicted molar refractivity (Wildman–Crippen MR) is 83.4 cm³/mol. The molecule has 1 heterocycles. The SMILES string of the molecule is O=C1c2ccccc2NC(c2ccccc2Cl)N1C1CC1. The number of anilines is 1. The Balaban J connectivity index is 1.83. The molecular weight excluding hydrogens is 284 g/mol. The Morgan fingerprint density at radius 2 is 1.76 bits per heavy atom. The summed E-state index contributed by atoms with van der Waals surface area (Å²) in [5.41, 5.74) is 2.57. The summed E-state index contributed by atoms with van der Waals surface area (Å²) in [5.74, 6) is 0.0942. The number of halogens is 1. The highest BCUT2D eigenvalue weighted by Gasteiger charge is 2.42. The molecule has 106 valence electrons. The molecule has 1 N–H and O–H groups in total. The fourth-order valence-corrected chi connectivity index (χ4v) is 3.16. The summed E-state index contributed by atoms with van der Waals surface area (Å²) >= 11 is 6.34. The van der Waals surface area contributed by atoms with Crippen LogP contribution in [0.4, 0.5) is 5.69 Å². The van der Waals surface area contributed by atoms with E-state index in [1.54, 1.807) is 0 Å². The molecule has 2 aromatic rings. The number of para-hydroxylation sites is 1. The molecule has 0 radical (unpaired) electrons. The van der Waals surface area contributed by atoms with Gasteiger partial charge in [0.25, 0.3) is 5.91 Å². The molecule has 1 aliphatic carbocycles. The van der Waals surface area contributed by atoms with Gasteiger partial charge in [0.1, 0.15) is 6.17 Å². The number of carbonyl (C=O) groups is 1. The smallest absolute Gasteiger partial charge is 0.258 e. The Labute approximate surface area is 128 Å². The van der Waals surface area contributed by atoms with Gasteiger partial charge in [-0.2, -0.15) is 0 Å². The molecule has 3 nitrogen and oxygen atoms in total. The quantitative estimate of drug-likeness (QED) is 0.906. The third-order valence-corrected chi connectivity index (χ3v) is 4.45. The Morgan fingerprint density at radius 3 is 2.52 bits per heavy atom. The summed E-state index contributed by atoms with van der Waals surface area (Å²) in [6.45, 7) is 0. The minimum absolute atomic E-state index is 0.0942. The van der Waals surface area contributed by atoms with Crippen molar-refractivity contribution in [1.29, 1.82) is 0 Å². The lowest BCUT2D eigenvalue weighted by molar-refractivity contribution is 0.0666. The third kappa shape index (κ3) is 2.09. The first kappa shape index (κ1) is 12.7. The van der Waals surface area contributed by atoms with E-state index in [1.165, 1.54) is 0 Å². The van der Waals surface area contributed by atoms with Crippen LogP contribution >= 0.6 is 11.6 Å². The van der Waals surface area contributed by atoms with Crippen molar-refractivity contribution in [3.63, 3.8) is 0 Å². The van der Waals surface area contributed by atoms with Crippen LogP contribution in [-0.4, -0.2) is 16.8 Å². The standard InChI is InChI=1S/C17H15ClN2O/c18-14-7-3-1-5-12(14)16-19-15-8-4-2-6-13(15)17(21)20(16)11-9-10-11/h1-8,11,16,19H,9-10H2. The van der Waals surface area contributed by atoms with Crippen LogP contribution in [0.1, 0.15) is 34.9 Å². The van der Waals surface area contributed by atoms with Gasteiger partial charge in [-0.25, -0.2) is 0 Å². The van der Waals surface area contributed by atoms with E-state index in [2.05, 4.69) is 5.32 Å². The summed E-state index contributed by atoms with van der Waals surface area (Å²) in [6.07, 6.45) is 1.95. The van der Waals surface area contributed by atoms with Crippen LogP contribution in [-0.2, 0) is 0 Å². The second kappa shape index (κ2) is 4.78. The normalized spacial score (nSPS) is 20.9. The second-order valence-corrected chi connectivity index (χ2v) is 5.96. The average molecular weight is 299 g/mol. The molecule has 1 saturated carbocycles. The molecule has 2 aromatic carbocycles. The van der Waals surface area contributed by atoms with Gasteiger partial charge in [-0.05, 0) is 31.0 Å². The fourth-order valence-electron chi connectivity index (χ4n) is 2.92. The van der Waals surface area contributed by atoms with Crippen LogP contribution in [0.5, 0.6) is 0 Å². The number of benzene rings is 2. The molecule has 2 aliphatic rings. The maximum Gasteiger partial charge on any atom is 0.258 e. The zero-order valence-electron chi connectivity index (χ0n) is 11.4. The summed E-state index contributed by atoms with van der Waals surface area (Å²) in [7, 11) is 0. The minimum Gasteiger partial charge on any atom is -0.361 e. The van der Waals surface area contributed by atoms with Crippen LogP contribution in [0.25, 0.3) is 0 Å². The fraction of sp³-hybridized carbons (Fsp3) is 0.235. The van der Waals surface area contributed by atoms with Gasteiger partial charge in [-0.15, -0.1) is 0 Å². The van der Waals surface area contributed by atoms with Gasteiger partial charge in [-0.1, -0.05) is 41.9 Å². The van der Waals surface area contributed by atoms with Crippen LogP contribution in [0.2, 0.25) is 5.02 Å². The number of rotatable bonds is 2. The van der Waals surface area contributed by atoms with Crippen molar-refractivity contribution in [3.8, 4) is 0 Å². The largest absolute Gasteiger partial charge is 0.361 e. The van der Waals surface area contributed by atoms with Crippen molar-refractivity contribution in [1.82, 2.24) is 4.90 Å². The monoisotopic (exact) mass is 298 g/mol. The molecule has 1 aliphatic heterocycles. The predicted octanol–water partition coefficient (Wildman–Crippen LogP) is 4.07. The average Bonchev–Trinajstić information content (AvgIpc) is 3.32. The molecule has 4 rings (SSSR count). The molecule has 4 heteroatoms. The molecule has 0 aromatic heterocycles. The highest BCUT2D eigenvalue weighted by atomic mass is 35.5. The summed E-state index contributed by atoms with van der Waals surface area (Å²) in [4.78, 5) is 14.8.